The Kier molecular flexibility index (Phi) is 13.9. The largest absolute Gasteiger partial charge is 0.380 e. The maximum atomic E-state index is 13.8. The summed E-state index contributed by atoms with van der Waals surface area (Å²) in [5.41, 5.74) is -0.983. The summed E-state index contributed by atoms with van der Waals surface area (Å²) in [7, 11) is 0. The monoisotopic (exact) mass is 481 g/mol. The highest BCUT2D eigenvalue weighted by Gasteiger charge is 2.35. The van der Waals surface area contributed by atoms with E-state index in [9.17, 15) is 22.0 Å². The normalized spacial score (nSPS) is 12.9. The summed E-state index contributed by atoms with van der Waals surface area (Å²) in [6.45, 7) is 9.11. The smallest absolute Gasteiger partial charge is 0.200 e. The molecule has 33 heavy (non-hydrogen) atoms. The van der Waals surface area contributed by atoms with Crippen LogP contribution in [0.15, 0.2) is 0 Å². The van der Waals surface area contributed by atoms with Crippen LogP contribution < -0.4 is 5.32 Å². The second-order valence-electron chi connectivity index (χ2n) is 8.50. The molecule has 0 saturated heterocycles. The Morgan fingerprint density at radius 3 is 1.64 bits per heavy atom. The Morgan fingerprint density at radius 2 is 1.12 bits per heavy atom. The molecule has 0 radical (unpaired) electrons. The van der Waals surface area contributed by atoms with Gasteiger partial charge in [0.1, 0.15) is 5.69 Å². The van der Waals surface area contributed by atoms with Crippen molar-refractivity contribution in [2.75, 3.05) is 25.1 Å². The third-order valence-corrected chi connectivity index (χ3v) is 6.00. The molecule has 0 spiro atoms. The molecule has 0 bridgehead atoms. The fraction of sp³-hybridized carbons (Fsp3) is 0.760. The minimum Gasteiger partial charge on any atom is -0.380 e. The van der Waals surface area contributed by atoms with Gasteiger partial charge >= 0.3 is 0 Å². The molecule has 0 aliphatic rings. The second-order valence-corrected chi connectivity index (χ2v) is 8.50. The first kappa shape index (κ1) is 29.6. The van der Waals surface area contributed by atoms with Crippen molar-refractivity contribution < 1.29 is 31.4 Å². The van der Waals surface area contributed by atoms with Crippen LogP contribution in [-0.2, 0) is 9.47 Å². The molecule has 1 rings (SSSR count). The molecule has 0 heterocycles. The van der Waals surface area contributed by atoms with Crippen LogP contribution in [0, 0.1) is 35.0 Å². The number of rotatable bonds is 18. The number of ether oxygens (including phenoxy) is 2. The van der Waals surface area contributed by atoms with Gasteiger partial charge in [-0.05, 0) is 40.0 Å². The van der Waals surface area contributed by atoms with E-state index >= 15 is 0 Å². The number of unbranched alkanes of at least 4 members (excludes halogenated alkanes) is 6. The van der Waals surface area contributed by atoms with Crippen molar-refractivity contribution in [2.24, 2.45) is 5.92 Å². The first-order valence-corrected chi connectivity index (χ1v) is 12.3. The molecular weight excluding hydrogens is 441 g/mol. The maximum Gasteiger partial charge on any atom is 0.200 e. The average Bonchev–Trinajstić information content (AvgIpc) is 2.79. The number of nitrogens with one attached hydrogen (secondary N) is 1. The van der Waals surface area contributed by atoms with E-state index in [2.05, 4.69) is 12.2 Å². The van der Waals surface area contributed by atoms with Crippen molar-refractivity contribution in [3.63, 3.8) is 0 Å². The maximum absolute atomic E-state index is 13.8. The van der Waals surface area contributed by atoms with Crippen molar-refractivity contribution in [3.8, 4) is 0 Å². The van der Waals surface area contributed by atoms with Crippen LogP contribution >= 0.6 is 0 Å². The number of halogens is 5. The lowest BCUT2D eigenvalue weighted by atomic mass is 9.88. The van der Waals surface area contributed by atoms with E-state index in [4.69, 9.17) is 9.47 Å². The van der Waals surface area contributed by atoms with Crippen LogP contribution in [0.4, 0.5) is 27.6 Å². The Hall–Kier alpha value is -1.41. The van der Waals surface area contributed by atoms with Crippen molar-refractivity contribution in [1.82, 2.24) is 0 Å². The standard InChI is InChI=1S/C25H40F5NO2/c1-5-8-9-10-11-12-15-18(25(4,32-6-2)33-7-3)16-13-14-17-31-24-22(29)20(27)19(26)21(28)23(24)30/h18,31H,5-17H2,1-4H3. The average molecular weight is 482 g/mol. The van der Waals surface area contributed by atoms with E-state index in [-0.39, 0.29) is 12.5 Å². The first-order chi connectivity index (χ1) is 15.7. The van der Waals surface area contributed by atoms with Gasteiger partial charge in [-0.1, -0.05) is 51.9 Å². The Labute approximate surface area is 195 Å². The summed E-state index contributed by atoms with van der Waals surface area (Å²) in [4.78, 5) is 0. The van der Waals surface area contributed by atoms with Gasteiger partial charge in [0.15, 0.2) is 29.1 Å². The first-order valence-electron chi connectivity index (χ1n) is 12.3. The fourth-order valence-electron chi connectivity index (χ4n) is 4.18. The summed E-state index contributed by atoms with van der Waals surface area (Å²) in [6, 6.07) is 0. The van der Waals surface area contributed by atoms with Crippen LogP contribution in [0.25, 0.3) is 0 Å². The minimum absolute atomic E-state index is 0.0854. The lowest BCUT2D eigenvalue weighted by Gasteiger charge is -2.37. The molecule has 0 aromatic heterocycles. The van der Waals surface area contributed by atoms with Crippen molar-refractivity contribution in [1.29, 1.82) is 0 Å². The summed E-state index contributed by atoms with van der Waals surface area (Å²) >= 11 is 0. The molecule has 3 nitrogen and oxygen atoms in total. The van der Waals surface area contributed by atoms with Gasteiger partial charge in [-0.15, -0.1) is 0 Å². The third kappa shape index (κ3) is 9.04. The molecule has 0 aliphatic carbocycles. The SMILES string of the molecule is CCCCCCCCC(CCCCNc1c(F)c(F)c(F)c(F)c1F)C(C)(OCC)OCC. The predicted molar refractivity (Wildman–Crippen MR) is 122 cm³/mol. The van der Waals surface area contributed by atoms with Gasteiger partial charge in [0.2, 0.25) is 5.82 Å². The highest BCUT2D eigenvalue weighted by atomic mass is 19.2. The van der Waals surface area contributed by atoms with Crippen LogP contribution in [0.1, 0.15) is 91.9 Å². The van der Waals surface area contributed by atoms with Crippen LogP contribution in [0.5, 0.6) is 0 Å². The summed E-state index contributed by atoms with van der Waals surface area (Å²) < 4.78 is 79.4. The van der Waals surface area contributed by atoms with E-state index in [0.29, 0.717) is 26.1 Å². The summed E-state index contributed by atoms with van der Waals surface area (Å²) in [5.74, 6) is -10.3. The summed E-state index contributed by atoms with van der Waals surface area (Å²) in [6.07, 6.45) is 9.99. The Bertz CT molecular complexity index is 667. The molecule has 1 N–H and O–H groups in total. The fourth-order valence-corrected chi connectivity index (χ4v) is 4.18. The van der Waals surface area contributed by atoms with Crippen molar-refractivity contribution >= 4 is 5.69 Å². The molecule has 0 aliphatic heterocycles. The molecule has 1 aromatic rings. The quantitative estimate of drug-likeness (QED) is 0.0755. The van der Waals surface area contributed by atoms with Gasteiger partial charge < -0.3 is 14.8 Å². The highest BCUT2D eigenvalue weighted by Crippen LogP contribution is 2.33. The third-order valence-electron chi connectivity index (χ3n) is 6.00. The number of hydrogen-bond donors (Lipinski definition) is 1. The molecule has 8 heteroatoms. The van der Waals surface area contributed by atoms with E-state index < -0.39 is 40.6 Å². The van der Waals surface area contributed by atoms with Gasteiger partial charge in [-0.25, -0.2) is 22.0 Å². The molecule has 1 atom stereocenters. The minimum atomic E-state index is -2.15. The topological polar surface area (TPSA) is 30.5 Å². The molecule has 192 valence electrons. The predicted octanol–water partition coefficient (Wildman–Crippen LogP) is 8.12. The second kappa shape index (κ2) is 15.5. The van der Waals surface area contributed by atoms with Gasteiger partial charge in [0, 0.05) is 25.7 Å². The highest BCUT2D eigenvalue weighted by molar-refractivity contribution is 5.47. The van der Waals surface area contributed by atoms with Crippen molar-refractivity contribution in [2.45, 2.75) is 97.7 Å². The molecule has 1 aromatic carbocycles. The Morgan fingerprint density at radius 1 is 0.667 bits per heavy atom. The molecule has 1 unspecified atom stereocenters. The lowest BCUT2D eigenvalue weighted by molar-refractivity contribution is -0.254. The molecule has 0 saturated carbocycles. The van der Waals surface area contributed by atoms with Gasteiger partial charge in [-0.2, -0.15) is 0 Å². The number of benzene rings is 1. The number of hydrogen-bond acceptors (Lipinski definition) is 3. The van der Waals surface area contributed by atoms with Gasteiger partial charge in [0.25, 0.3) is 0 Å². The lowest BCUT2D eigenvalue weighted by Crippen LogP contribution is -2.41. The molecule has 0 fully saturated rings. The van der Waals surface area contributed by atoms with Crippen molar-refractivity contribution in [3.05, 3.63) is 29.1 Å². The summed E-state index contributed by atoms with van der Waals surface area (Å²) in [5, 5.41) is 2.37. The zero-order chi connectivity index (χ0) is 24.9. The van der Waals surface area contributed by atoms with E-state index in [0.717, 1.165) is 25.7 Å². The van der Waals surface area contributed by atoms with E-state index in [1.807, 2.05) is 20.8 Å². The molecular formula is C25H40F5NO2. The zero-order valence-electron chi connectivity index (χ0n) is 20.5. The van der Waals surface area contributed by atoms with Gasteiger partial charge in [-0.3, -0.25) is 0 Å². The number of anilines is 1. The van der Waals surface area contributed by atoms with Crippen LogP contribution in [0.3, 0.4) is 0 Å². The molecule has 0 amide bonds. The van der Waals surface area contributed by atoms with Crippen LogP contribution in [-0.4, -0.2) is 25.5 Å². The Balaban J connectivity index is 2.66. The van der Waals surface area contributed by atoms with E-state index in [1.165, 1.54) is 25.7 Å². The van der Waals surface area contributed by atoms with Gasteiger partial charge in [0.05, 0.1) is 0 Å². The zero-order valence-corrected chi connectivity index (χ0v) is 20.5. The van der Waals surface area contributed by atoms with Crippen LogP contribution in [0.2, 0.25) is 0 Å². The van der Waals surface area contributed by atoms with E-state index in [1.54, 1.807) is 0 Å².